The molecule has 1 rings (SSSR count). The maximum absolute atomic E-state index is 11.9. The Labute approximate surface area is 125 Å². The van der Waals surface area contributed by atoms with Gasteiger partial charge in [-0.2, -0.15) is 0 Å². The predicted molar refractivity (Wildman–Crippen MR) is 85.5 cm³/mol. The van der Waals surface area contributed by atoms with Gasteiger partial charge >= 0.3 is 0 Å². The van der Waals surface area contributed by atoms with Gasteiger partial charge in [-0.1, -0.05) is 27.2 Å². The lowest BCUT2D eigenvalue weighted by molar-refractivity contribution is -0.122. The molecule has 0 spiro atoms. The smallest absolute Gasteiger partial charge is 0.220 e. The Morgan fingerprint density at radius 2 is 1.70 bits per heavy atom. The third-order valence-electron chi connectivity index (χ3n) is 5.11. The molecule has 0 heterocycles. The van der Waals surface area contributed by atoms with Crippen molar-refractivity contribution in [3.63, 3.8) is 0 Å². The quantitative estimate of drug-likeness (QED) is 0.782. The van der Waals surface area contributed by atoms with E-state index in [0.717, 1.165) is 25.2 Å². The number of nitrogens with one attached hydrogen (secondary N) is 1. The van der Waals surface area contributed by atoms with Crippen molar-refractivity contribution in [2.75, 3.05) is 0 Å². The van der Waals surface area contributed by atoms with E-state index in [1.54, 1.807) is 0 Å². The summed E-state index contributed by atoms with van der Waals surface area (Å²) >= 11 is 0. The van der Waals surface area contributed by atoms with Gasteiger partial charge in [0, 0.05) is 18.0 Å². The molecule has 1 aliphatic carbocycles. The normalized spacial score (nSPS) is 24.5. The van der Waals surface area contributed by atoms with Crippen LogP contribution in [0, 0.1) is 11.3 Å². The van der Waals surface area contributed by atoms with Crippen LogP contribution in [0.2, 0.25) is 0 Å². The highest BCUT2D eigenvalue weighted by molar-refractivity contribution is 5.76. The molecule has 0 bridgehead atoms. The lowest BCUT2D eigenvalue weighted by atomic mass is 9.69. The Hall–Kier alpha value is -0.570. The molecular weight excluding hydrogens is 248 g/mol. The zero-order valence-corrected chi connectivity index (χ0v) is 14.1. The van der Waals surface area contributed by atoms with Crippen LogP contribution < -0.4 is 11.1 Å². The van der Waals surface area contributed by atoms with Crippen molar-refractivity contribution in [2.45, 2.75) is 91.1 Å². The van der Waals surface area contributed by atoms with Gasteiger partial charge in [-0.25, -0.2) is 0 Å². The van der Waals surface area contributed by atoms with Crippen molar-refractivity contribution < 1.29 is 4.79 Å². The fourth-order valence-electron chi connectivity index (χ4n) is 3.04. The lowest BCUT2D eigenvalue weighted by Crippen LogP contribution is -2.41. The fourth-order valence-corrected chi connectivity index (χ4v) is 3.04. The van der Waals surface area contributed by atoms with E-state index in [4.69, 9.17) is 5.73 Å². The van der Waals surface area contributed by atoms with Crippen LogP contribution in [0.3, 0.4) is 0 Å². The molecule has 1 fully saturated rings. The molecule has 3 nitrogen and oxygen atoms in total. The summed E-state index contributed by atoms with van der Waals surface area (Å²) < 4.78 is 0. The minimum atomic E-state index is -0.250. The number of carbonyl (C=O) groups excluding carboxylic acids is 1. The largest absolute Gasteiger partial charge is 0.353 e. The second-order valence-electron chi connectivity index (χ2n) is 7.95. The van der Waals surface area contributed by atoms with E-state index in [0.29, 0.717) is 17.9 Å². The lowest BCUT2D eigenvalue weighted by Gasteiger charge is -2.39. The summed E-state index contributed by atoms with van der Waals surface area (Å²) in [7, 11) is 0. The Kier molecular flexibility index (Phi) is 6.06. The minimum Gasteiger partial charge on any atom is -0.353 e. The van der Waals surface area contributed by atoms with Crippen molar-refractivity contribution in [1.82, 2.24) is 5.32 Å². The molecule has 0 aliphatic heterocycles. The molecule has 0 saturated heterocycles. The van der Waals surface area contributed by atoms with Gasteiger partial charge in [0.2, 0.25) is 5.91 Å². The fraction of sp³-hybridized carbons (Fsp3) is 0.941. The number of rotatable bonds is 6. The molecule has 3 heteroatoms. The van der Waals surface area contributed by atoms with Gasteiger partial charge in [0.05, 0.1) is 0 Å². The monoisotopic (exact) mass is 282 g/mol. The van der Waals surface area contributed by atoms with Crippen molar-refractivity contribution >= 4 is 5.91 Å². The zero-order chi connectivity index (χ0) is 15.4. The van der Waals surface area contributed by atoms with Gasteiger partial charge in [-0.3, -0.25) is 4.79 Å². The summed E-state index contributed by atoms with van der Waals surface area (Å²) in [5.74, 6) is 0.977. The van der Waals surface area contributed by atoms with Crippen molar-refractivity contribution in [2.24, 2.45) is 17.1 Å². The molecule has 0 aromatic carbocycles. The molecule has 0 aromatic rings. The van der Waals surface area contributed by atoms with Crippen molar-refractivity contribution in [1.29, 1.82) is 0 Å². The molecule has 1 saturated carbocycles. The summed E-state index contributed by atoms with van der Waals surface area (Å²) in [5, 5.41) is 3.19. The van der Waals surface area contributed by atoms with Gasteiger partial charge < -0.3 is 11.1 Å². The van der Waals surface area contributed by atoms with E-state index in [9.17, 15) is 4.79 Å². The van der Waals surface area contributed by atoms with E-state index >= 15 is 0 Å². The molecule has 3 N–H and O–H groups in total. The van der Waals surface area contributed by atoms with Crippen LogP contribution >= 0.6 is 0 Å². The van der Waals surface area contributed by atoms with Crippen LogP contribution in [0.25, 0.3) is 0 Å². The van der Waals surface area contributed by atoms with Gasteiger partial charge in [0.25, 0.3) is 0 Å². The van der Waals surface area contributed by atoms with Gasteiger partial charge in [-0.15, -0.1) is 0 Å². The van der Waals surface area contributed by atoms with Crippen LogP contribution in [0.1, 0.15) is 79.6 Å². The van der Waals surface area contributed by atoms with Crippen LogP contribution in [-0.2, 0) is 4.79 Å². The molecule has 118 valence electrons. The number of hydrogen-bond acceptors (Lipinski definition) is 2. The number of nitrogens with two attached hydrogens (primary N) is 1. The Morgan fingerprint density at radius 1 is 1.15 bits per heavy atom. The van der Waals surface area contributed by atoms with Crippen LogP contribution in [0.15, 0.2) is 0 Å². The Morgan fingerprint density at radius 3 is 2.15 bits per heavy atom. The highest BCUT2D eigenvalue weighted by atomic mass is 16.1. The average molecular weight is 282 g/mol. The van der Waals surface area contributed by atoms with E-state index in [-0.39, 0.29) is 11.4 Å². The highest BCUT2D eigenvalue weighted by Crippen LogP contribution is 2.40. The summed E-state index contributed by atoms with van der Waals surface area (Å²) in [5.41, 5.74) is 6.11. The highest BCUT2D eigenvalue weighted by Gasteiger charge is 2.32. The molecule has 0 radical (unpaired) electrons. The third-order valence-corrected chi connectivity index (χ3v) is 5.11. The number of carbonyl (C=O) groups is 1. The summed E-state index contributed by atoms with van der Waals surface area (Å²) in [6.45, 7) is 11.0. The maximum atomic E-state index is 11.9. The first-order valence-corrected chi connectivity index (χ1v) is 8.22. The van der Waals surface area contributed by atoms with Crippen molar-refractivity contribution in [3.8, 4) is 0 Å². The Bertz CT molecular complexity index is 309. The molecule has 1 aliphatic rings. The van der Waals surface area contributed by atoms with Gasteiger partial charge in [-0.05, 0) is 57.3 Å². The SMILES string of the molecule is CCC(C)(C)C1CCC(NC(=O)CCC(C)(C)N)CC1. The van der Waals surface area contributed by atoms with Crippen LogP contribution in [-0.4, -0.2) is 17.5 Å². The summed E-state index contributed by atoms with van der Waals surface area (Å²) in [4.78, 5) is 11.9. The van der Waals surface area contributed by atoms with E-state index in [1.807, 2.05) is 13.8 Å². The first-order chi connectivity index (χ1) is 9.14. The minimum absolute atomic E-state index is 0.168. The molecular formula is C17H34N2O. The topological polar surface area (TPSA) is 55.1 Å². The van der Waals surface area contributed by atoms with E-state index in [2.05, 4.69) is 26.1 Å². The van der Waals surface area contributed by atoms with Crippen LogP contribution in [0.5, 0.6) is 0 Å². The average Bonchev–Trinajstić information content (AvgIpc) is 2.36. The zero-order valence-electron chi connectivity index (χ0n) is 14.1. The molecule has 0 atom stereocenters. The third kappa shape index (κ3) is 5.82. The number of amides is 1. The molecule has 1 amide bonds. The summed E-state index contributed by atoms with van der Waals surface area (Å²) in [6, 6.07) is 0.382. The predicted octanol–water partition coefficient (Wildman–Crippen LogP) is 3.62. The standard InChI is InChI=1S/C17H34N2O/c1-6-16(2,3)13-7-9-14(10-8-13)19-15(20)11-12-17(4,5)18/h13-14H,6-12,18H2,1-5H3,(H,19,20). The second kappa shape index (κ2) is 6.93. The molecule has 0 aromatic heterocycles. The molecule has 20 heavy (non-hydrogen) atoms. The first kappa shape index (κ1) is 17.5. The van der Waals surface area contributed by atoms with E-state index in [1.165, 1.54) is 19.3 Å². The number of hydrogen-bond donors (Lipinski definition) is 2. The van der Waals surface area contributed by atoms with Crippen molar-refractivity contribution in [3.05, 3.63) is 0 Å². The second-order valence-corrected chi connectivity index (χ2v) is 7.95. The Balaban J connectivity index is 2.30. The van der Waals surface area contributed by atoms with Gasteiger partial charge in [0.15, 0.2) is 0 Å². The van der Waals surface area contributed by atoms with Crippen LogP contribution in [0.4, 0.5) is 0 Å². The molecule has 0 unspecified atom stereocenters. The van der Waals surface area contributed by atoms with Gasteiger partial charge in [0.1, 0.15) is 0 Å². The first-order valence-electron chi connectivity index (χ1n) is 8.22. The van der Waals surface area contributed by atoms with E-state index < -0.39 is 0 Å². The maximum Gasteiger partial charge on any atom is 0.220 e. The summed E-state index contributed by atoms with van der Waals surface area (Å²) in [6.07, 6.45) is 7.28.